The number of benzene rings is 1. The van der Waals surface area contributed by atoms with Crippen LogP contribution in [-0.2, 0) is 16.6 Å². The Kier molecular flexibility index (Phi) is 4.10. The van der Waals surface area contributed by atoms with Gasteiger partial charge in [-0.1, -0.05) is 0 Å². The second-order valence-corrected chi connectivity index (χ2v) is 6.29. The molecule has 1 aromatic carbocycles. The predicted octanol–water partition coefficient (Wildman–Crippen LogP) is 1.55. The van der Waals surface area contributed by atoms with Gasteiger partial charge in [0.25, 0.3) is 0 Å². The molecule has 0 aliphatic rings. The van der Waals surface area contributed by atoms with Gasteiger partial charge in [-0.3, -0.25) is 0 Å². The summed E-state index contributed by atoms with van der Waals surface area (Å²) in [7, 11) is -1.74. The summed E-state index contributed by atoms with van der Waals surface area (Å²) < 4.78 is 27.4. The average molecular weight is 294 g/mol. The second kappa shape index (κ2) is 5.64. The van der Waals surface area contributed by atoms with Crippen molar-refractivity contribution in [3.05, 3.63) is 41.5 Å². The van der Waals surface area contributed by atoms with E-state index in [-0.39, 0.29) is 6.54 Å². The van der Waals surface area contributed by atoms with Gasteiger partial charge in [0, 0.05) is 24.6 Å². The van der Waals surface area contributed by atoms with Crippen molar-refractivity contribution in [3.8, 4) is 0 Å². The van der Waals surface area contributed by atoms with E-state index in [1.54, 1.807) is 27.1 Å². The number of aryl methyl sites for hydroxylation is 2. The third-order valence-corrected chi connectivity index (χ3v) is 4.73. The van der Waals surface area contributed by atoms with Crippen molar-refractivity contribution in [3.63, 3.8) is 0 Å². The lowest BCUT2D eigenvalue weighted by atomic mass is 10.1. The highest BCUT2D eigenvalue weighted by atomic mass is 32.2. The maximum atomic E-state index is 12.4. The van der Waals surface area contributed by atoms with Crippen LogP contribution in [0.1, 0.15) is 16.8 Å². The van der Waals surface area contributed by atoms with Gasteiger partial charge >= 0.3 is 0 Å². The first-order valence-corrected chi connectivity index (χ1v) is 7.68. The van der Waals surface area contributed by atoms with Crippen LogP contribution >= 0.6 is 0 Å². The van der Waals surface area contributed by atoms with Gasteiger partial charge in [-0.05, 0) is 37.1 Å². The van der Waals surface area contributed by atoms with Gasteiger partial charge in [-0.15, -0.1) is 0 Å². The minimum atomic E-state index is -3.55. The van der Waals surface area contributed by atoms with Gasteiger partial charge in [0.2, 0.25) is 10.0 Å². The number of sulfonamides is 1. The first kappa shape index (κ1) is 14.5. The van der Waals surface area contributed by atoms with Gasteiger partial charge in [-0.25, -0.2) is 18.1 Å². The van der Waals surface area contributed by atoms with Crippen LogP contribution in [0.25, 0.3) is 0 Å². The van der Waals surface area contributed by atoms with E-state index in [0.29, 0.717) is 16.0 Å². The molecule has 0 bridgehead atoms. The summed E-state index contributed by atoms with van der Waals surface area (Å²) in [5, 5.41) is 3.01. The van der Waals surface area contributed by atoms with Crippen molar-refractivity contribution in [1.29, 1.82) is 0 Å². The number of H-pyrrole nitrogens is 1. The van der Waals surface area contributed by atoms with Gasteiger partial charge in [0.15, 0.2) is 0 Å². The highest BCUT2D eigenvalue weighted by Gasteiger charge is 2.20. The topological polar surface area (TPSA) is 86.9 Å². The third kappa shape index (κ3) is 3.00. The van der Waals surface area contributed by atoms with Gasteiger partial charge in [-0.2, -0.15) is 0 Å². The number of hydrogen-bond acceptors (Lipinski definition) is 4. The number of hydrogen-bond donors (Lipinski definition) is 3. The summed E-state index contributed by atoms with van der Waals surface area (Å²) in [5.41, 5.74) is 3.04. The van der Waals surface area contributed by atoms with E-state index in [1.165, 1.54) is 6.33 Å². The Labute approximate surface area is 118 Å². The molecule has 108 valence electrons. The predicted molar refractivity (Wildman–Crippen MR) is 78.1 cm³/mol. The van der Waals surface area contributed by atoms with E-state index in [0.717, 1.165) is 11.4 Å². The molecule has 3 N–H and O–H groups in total. The average Bonchev–Trinajstić information content (AvgIpc) is 2.88. The SMILES string of the molecule is CNc1cc(C)c(S(=O)(=O)NCc2cnc[nH]2)c(C)c1. The van der Waals surface area contributed by atoms with Gasteiger partial charge in [0.05, 0.1) is 17.8 Å². The Morgan fingerprint density at radius 1 is 1.25 bits per heavy atom. The van der Waals surface area contributed by atoms with Crippen LogP contribution in [0.2, 0.25) is 0 Å². The molecule has 2 rings (SSSR count). The Balaban J connectivity index is 2.29. The molecule has 1 aromatic heterocycles. The fourth-order valence-corrected chi connectivity index (χ4v) is 3.60. The molecule has 20 heavy (non-hydrogen) atoms. The number of rotatable bonds is 5. The van der Waals surface area contributed by atoms with E-state index >= 15 is 0 Å². The van der Waals surface area contributed by atoms with E-state index in [2.05, 4.69) is 20.0 Å². The van der Waals surface area contributed by atoms with E-state index < -0.39 is 10.0 Å². The number of nitrogens with one attached hydrogen (secondary N) is 3. The molecular weight excluding hydrogens is 276 g/mol. The summed E-state index contributed by atoms with van der Waals surface area (Å²) in [6.45, 7) is 3.77. The molecule has 6 nitrogen and oxygen atoms in total. The number of nitrogens with zero attached hydrogens (tertiary/aromatic N) is 1. The number of aromatic amines is 1. The summed E-state index contributed by atoms with van der Waals surface area (Å²) in [6.07, 6.45) is 3.11. The molecule has 0 atom stereocenters. The molecule has 0 fully saturated rings. The van der Waals surface area contributed by atoms with Crippen molar-refractivity contribution in [2.75, 3.05) is 12.4 Å². The quantitative estimate of drug-likeness (QED) is 0.781. The second-order valence-electron chi connectivity index (χ2n) is 4.59. The highest BCUT2D eigenvalue weighted by molar-refractivity contribution is 7.89. The van der Waals surface area contributed by atoms with Crippen LogP contribution in [0.4, 0.5) is 5.69 Å². The fourth-order valence-electron chi connectivity index (χ4n) is 2.14. The Morgan fingerprint density at radius 2 is 1.90 bits per heavy atom. The van der Waals surface area contributed by atoms with Crippen molar-refractivity contribution in [2.45, 2.75) is 25.3 Å². The Hall–Kier alpha value is -1.86. The van der Waals surface area contributed by atoms with Crippen LogP contribution in [-0.4, -0.2) is 25.4 Å². The summed E-state index contributed by atoms with van der Waals surface area (Å²) in [5.74, 6) is 0. The van der Waals surface area contributed by atoms with E-state index in [4.69, 9.17) is 0 Å². The summed E-state index contributed by atoms with van der Waals surface area (Å²) in [6, 6.07) is 3.63. The summed E-state index contributed by atoms with van der Waals surface area (Å²) in [4.78, 5) is 7.04. The minimum absolute atomic E-state index is 0.189. The first-order valence-electron chi connectivity index (χ1n) is 6.20. The Morgan fingerprint density at radius 3 is 2.40 bits per heavy atom. The molecular formula is C13H18N4O2S. The summed E-state index contributed by atoms with van der Waals surface area (Å²) >= 11 is 0. The van der Waals surface area contributed by atoms with Crippen LogP contribution in [0.15, 0.2) is 29.6 Å². The zero-order valence-corrected chi connectivity index (χ0v) is 12.5. The van der Waals surface area contributed by atoms with Gasteiger partial charge in [0.1, 0.15) is 0 Å². The molecule has 2 aromatic rings. The molecule has 0 aliphatic heterocycles. The molecule has 0 radical (unpaired) electrons. The largest absolute Gasteiger partial charge is 0.388 e. The third-order valence-electron chi connectivity index (χ3n) is 3.03. The normalized spacial score (nSPS) is 11.6. The first-order chi connectivity index (χ1) is 9.44. The maximum Gasteiger partial charge on any atom is 0.241 e. The number of imidazole rings is 1. The molecule has 7 heteroatoms. The van der Waals surface area contributed by atoms with Crippen LogP contribution < -0.4 is 10.0 Å². The number of anilines is 1. The molecule has 0 spiro atoms. The van der Waals surface area contributed by atoms with E-state index in [9.17, 15) is 8.42 Å². The lowest BCUT2D eigenvalue weighted by Crippen LogP contribution is -2.25. The minimum Gasteiger partial charge on any atom is -0.388 e. The molecule has 0 aliphatic carbocycles. The fraction of sp³-hybridized carbons (Fsp3) is 0.308. The Bertz CT molecular complexity index is 670. The van der Waals surface area contributed by atoms with Crippen molar-refractivity contribution in [2.24, 2.45) is 0 Å². The smallest absolute Gasteiger partial charge is 0.241 e. The molecule has 0 amide bonds. The van der Waals surface area contributed by atoms with Crippen LogP contribution in [0, 0.1) is 13.8 Å². The number of aromatic nitrogens is 2. The van der Waals surface area contributed by atoms with Crippen molar-refractivity contribution < 1.29 is 8.42 Å². The molecule has 0 unspecified atom stereocenters. The van der Waals surface area contributed by atoms with Crippen molar-refractivity contribution in [1.82, 2.24) is 14.7 Å². The van der Waals surface area contributed by atoms with Gasteiger partial charge < -0.3 is 10.3 Å². The lowest BCUT2D eigenvalue weighted by Gasteiger charge is -2.13. The lowest BCUT2D eigenvalue weighted by molar-refractivity contribution is 0.579. The molecule has 1 heterocycles. The zero-order chi connectivity index (χ0) is 14.8. The molecule has 0 saturated heterocycles. The van der Waals surface area contributed by atoms with E-state index in [1.807, 2.05) is 12.1 Å². The van der Waals surface area contributed by atoms with Crippen molar-refractivity contribution >= 4 is 15.7 Å². The molecule has 0 saturated carbocycles. The highest BCUT2D eigenvalue weighted by Crippen LogP contribution is 2.24. The monoisotopic (exact) mass is 294 g/mol. The maximum absolute atomic E-state index is 12.4. The van der Waals surface area contributed by atoms with Crippen LogP contribution in [0.3, 0.4) is 0 Å². The zero-order valence-electron chi connectivity index (χ0n) is 11.7. The van der Waals surface area contributed by atoms with Crippen LogP contribution in [0.5, 0.6) is 0 Å². The standard InChI is InChI=1S/C13H18N4O2S/c1-9-4-11(14-3)5-10(2)13(9)20(18,19)17-7-12-6-15-8-16-12/h4-6,8,14,17H,7H2,1-3H3,(H,15,16).